The van der Waals surface area contributed by atoms with Crippen molar-refractivity contribution in [3.63, 3.8) is 0 Å². The Hall–Kier alpha value is -3.72. The summed E-state index contributed by atoms with van der Waals surface area (Å²) in [6.45, 7) is 7.15. The van der Waals surface area contributed by atoms with E-state index in [4.69, 9.17) is 9.47 Å². The highest BCUT2D eigenvalue weighted by Crippen LogP contribution is 2.45. The lowest BCUT2D eigenvalue weighted by molar-refractivity contribution is -0.00932. The van der Waals surface area contributed by atoms with Crippen molar-refractivity contribution in [2.45, 2.75) is 45.3 Å². The molecule has 0 unspecified atom stereocenters. The Morgan fingerprint density at radius 2 is 1.94 bits per heavy atom. The van der Waals surface area contributed by atoms with Crippen LogP contribution in [0.15, 0.2) is 54.7 Å². The number of likely N-dealkylation sites (tertiary alicyclic amines) is 1. The van der Waals surface area contributed by atoms with E-state index in [2.05, 4.69) is 16.7 Å². The predicted octanol–water partition coefficient (Wildman–Crippen LogP) is 4.97. The predicted molar refractivity (Wildman–Crippen MR) is 125 cm³/mol. The number of carbonyl (C=O) groups excluding carboxylic acids is 1. The van der Waals surface area contributed by atoms with E-state index in [9.17, 15) is 10.1 Å². The Labute approximate surface area is 194 Å². The molecule has 6 nitrogen and oxygen atoms in total. The van der Waals surface area contributed by atoms with Crippen LogP contribution in [0.4, 0.5) is 0 Å². The molecule has 0 saturated carbocycles. The average molecular weight is 442 g/mol. The van der Waals surface area contributed by atoms with Gasteiger partial charge in [-0.25, -0.2) is 0 Å². The first-order valence-corrected chi connectivity index (χ1v) is 11.4. The zero-order chi connectivity index (χ0) is 23.2. The largest absolute Gasteiger partial charge is 0.491 e. The molecule has 2 aliphatic heterocycles. The zero-order valence-corrected chi connectivity index (χ0v) is 19.2. The summed E-state index contributed by atoms with van der Waals surface area (Å²) in [7, 11) is 0. The Bertz CT molecular complexity index is 1260. The van der Waals surface area contributed by atoms with Gasteiger partial charge in [-0.3, -0.25) is 4.79 Å². The van der Waals surface area contributed by atoms with Gasteiger partial charge in [0.25, 0.3) is 5.91 Å². The first kappa shape index (κ1) is 21.1. The molecular formula is C27H27N3O3. The van der Waals surface area contributed by atoms with Gasteiger partial charge >= 0.3 is 0 Å². The van der Waals surface area contributed by atoms with Crippen LogP contribution in [0.1, 0.15) is 53.9 Å². The third-order valence-corrected chi connectivity index (χ3v) is 6.51. The molecule has 0 radical (unpaired) electrons. The maximum absolute atomic E-state index is 13.2. The van der Waals surface area contributed by atoms with Crippen LogP contribution in [0.2, 0.25) is 0 Å². The first-order chi connectivity index (χ1) is 15.9. The van der Waals surface area contributed by atoms with E-state index in [0.717, 1.165) is 22.7 Å². The van der Waals surface area contributed by atoms with Gasteiger partial charge in [0, 0.05) is 43.8 Å². The molecular weight excluding hydrogens is 414 g/mol. The molecule has 0 N–H and O–H groups in total. The van der Waals surface area contributed by atoms with Crippen LogP contribution in [0.3, 0.4) is 0 Å². The van der Waals surface area contributed by atoms with Gasteiger partial charge in [-0.1, -0.05) is 0 Å². The molecule has 168 valence electrons. The number of fused-ring (bicyclic) bond motifs is 4. The molecule has 6 heteroatoms. The number of ether oxygens (including phenoxy) is 2. The van der Waals surface area contributed by atoms with Gasteiger partial charge in [-0.05, 0) is 68.8 Å². The molecule has 0 atom stereocenters. The molecule has 2 aliphatic rings. The molecule has 1 aromatic heterocycles. The number of aryl methyl sites for hydroxylation is 1. The number of amides is 1. The van der Waals surface area contributed by atoms with Crippen molar-refractivity contribution in [3.05, 3.63) is 77.1 Å². The second kappa shape index (κ2) is 8.00. The summed E-state index contributed by atoms with van der Waals surface area (Å²) < 4.78 is 14.5. The first-order valence-electron chi connectivity index (χ1n) is 11.4. The lowest BCUT2D eigenvalue weighted by atomic mass is 9.86. The van der Waals surface area contributed by atoms with Crippen LogP contribution in [0, 0.1) is 18.3 Å². The average Bonchev–Trinajstić information content (AvgIpc) is 3.31. The van der Waals surface area contributed by atoms with Crippen LogP contribution >= 0.6 is 0 Å². The Balaban J connectivity index is 1.36. The Morgan fingerprint density at radius 3 is 2.64 bits per heavy atom. The second-order valence-electron chi connectivity index (χ2n) is 9.09. The summed E-state index contributed by atoms with van der Waals surface area (Å²) in [5.74, 6) is 1.56. The lowest BCUT2D eigenvalue weighted by Gasteiger charge is -2.45. The number of hydrogen-bond donors (Lipinski definition) is 0. The smallest absolute Gasteiger partial charge is 0.253 e. The molecule has 0 aliphatic carbocycles. The van der Waals surface area contributed by atoms with Gasteiger partial charge in [-0.15, -0.1) is 0 Å². The molecule has 2 aromatic carbocycles. The van der Waals surface area contributed by atoms with Crippen molar-refractivity contribution in [3.8, 4) is 23.3 Å². The fourth-order valence-corrected chi connectivity index (χ4v) is 4.87. The van der Waals surface area contributed by atoms with Crippen molar-refractivity contribution in [2.75, 3.05) is 13.1 Å². The minimum atomic E-state index is -0.508. The fraction of sp³-hybridized carbons (Fsp3) is 0.333. The van der Waals surface area contributed by atoms with E-state index < -0.39 is 5.60 Å². The molecule has 0 bridgehead atoms. The summed E-state index contributed by atoms with van der Waals surface area (Å²) >= 11 is 0. The topological polar surface area (TPSA) is 67.5 Å². The van der Waals surface area contributed by atoms with Crippen LogP contribution in [-0.4, -0.2) is 34.6 Å². The SMILES string of the molecule is Cc1cc(C(=O)N2CCC3(CC2)Oc2cc(C#N)ccc2-n2cccc23)ccc1OC(C)C. The number of nitriles is 1. The van der Waals surface area contributed by atoms with Crippen molar-refractivity contribution >= 4 is 5.91 Å². The maximum Gasteiger partial charge on any atom is 0.253 e. The van der Waals surface area contributed by atoms with Crippen molar-refractivity contribution in [1.29, 1.82) is 5.26 Å². The van der Waals surface area contributed by atoms with Crippen molar-refractivity contribution < 1.29 is 14.3 Å². The number of rotatable bonds is 3. The van der Waals surface area contributed by atoms with Gasteiger partial charge in [0.05, 0.1) is 29.1 Å². The van der Waals surface area contributed by atoms with Gasteiger partial charge in [0.15, 0.2) is 5.60 Å². The quantitative estimate of drug-likeness (QED) is 0.576. The maximum atomic E-state index is 13.2. The highest BCUT2D eigenvalue weighted by atomic mass is 16.5. The highest BCUT2D eigenvalue weighted by Gasteiger charge is 2.44. The van der Waals surface area contributed by atoms with E-state index in [-0.39, 0.29) is 12.0 Å². The summed E-state index contributed by atoms with van der Waals surface area (Å²) in [5, 5.41) is 9.32. The van der Waals surface area contributed by atoms with Crippen LogP contribution in [-0.2, 0) is 5.60 Å². The van der Waals surface area contributed by atoms with Gasteiger partial charge in [-0.2, -0.15) is 5.26 Å². The van der Waals surface area contributed by atoms with E-state index in [1.54, 1.807) is 6.07 Å². The van der Waals surface area contributed by atoms with Crippen molar-refractivity contribution in [2.24, 2.45) is 0 Å². The van der Waals surface area contributed by atoms with E-state index in [1.807, 2.05) is 68.3 Å². The fourth-order valence-electron chi connectivity index (χ4n) is 4.87. The molecule has 3 aromatic rings. The number of benzene rings is 2. The third-order valence-electron chi connectivity index (χ3n) is 6.51. The molecule has 33 heavy (non-hydrogen) atoms. The van der Waals surface area contributed by atoms with E-state index >= 15 is 0 Å². The lowest BCUT2D eigenvalue weighted by Crippen LogP contribution is -2.50. The minimum absolute atomic E-state index is 0.0300. The van der Waals surface area contributed by atoms with E-state index in [1.165, 1.54) is 0 Å². The second-order valence-corrected chi connectivity index (χ2v) is 9.09. The molecule has 5 rings (SSSR count). The number of aromatic nitrogens is 1. The summed E-state index contributed by atoms with van der Waals surface area (Å²) in [5.41, 5.74) is 3.74. The van der Waals surface area contributed by atoms with Crippen LogP contribution < -0.4 is 9.47 Å². The molecule has 3 heterocycles. The summed E-state index contributed by atoms with van der Waals surface area (Å²) in [6.07, 6.45) is 3.50. The summed E-state index contributed by atoms with van der Waals surface area (Å²) in [4.78, 5) is 15.1. The van der Waals surface area contributed by atoms with Gasteiger partial charge < -0.3 is 18.9 Å². The third kappa shape index (κ3) is 3.64. The Morgan fingerprint density at radius 1 is 1.15 bits per heavy atom. The molecule has 1 spiro atoms. The van der Waals surface area contributed by atoms with Crippen LogP contribution in [0.25, 0.3) is 5.69 Å². The standard InChI is InChI=1S/C27H27N3O3/c1-18(2)32-23-9-7-21(15-19(23)3)26(31)29-13-10-27(11-14-29)25-5-4-12-30(25)22-8-6-20(17-28)16-24(22)33-27/h4-9,12,15-16,18H,10-11,13-14H2,1-3H3. The monoisotopic (exact) mass is 441 g/mol. The number of hydrogen-bond acceptors (Lipinski definition) is 4. The molecule has 1 fully saturated rings. The minimum Gasteiger partial charge on any atom is -0.491 e. The normalized spacial score (nSPS) is 16.0. The van der Waals surface area contributed by atoms with Gasteiger partial charge in [0.2, 0.25) is 0 Å². The highest BCUT2D eigenvalue weighted by molar-refractivity contribution is 5.94. The number of piperidine rings is 1. The number of nitrogens with zero attached hydrogens (tertiary/aromatic N) is 3. The molecule has 1 saturated heterocycles. The zero-order valence-electron chi connectivity index (χ0n) is 19.2. The van der Waals surface area contributed by atoms with Crippen molar-refractivity contribution in [1.82, 2.24) is 9.47 Å². The van der Waals surface area contributed by atoms with E-state index in [0.29, 0.717) is 42.8 Å². The number of carbonyl (C=O) groups is 1. The van der Waals surface area contributed by atoms with Gasteiger partial charge in [0.1, 0.15) is 11.5 Å². The summed E-state index contributed by atoms with van der Waals surface area (Å²) in [6, 6.07) is 17.5. The van der Waals surface area contributed by atoms with Crippen LogP contribution in [0.5, 0.6) is 11.5 Å². The molecule has 1 amide bonds. The Kier molecular flexibility index (Phi) is 5.13.